The summed E-state index contributed by atoms with van der Waals surface area (Å²) in [5.41, 5.74) is 14.6. The van der Waals surface area contributed by atoms with Crippen LogP contribution in [-0.2, 0) is 13.5 Å². The van der Waals surface area contributed by atoms with Gasteiger partial charge in [0, 0.05) is 24.0 Å². The first-order chi connectivity index (χ1) is 9.70. The molecule has 1 aromatic carbocycles. The summed E-state index contributed by atoms with van der Waals surface area (Å²) in [5, 5.41) is 6.66. The second-order valence-electron chi connectivity index (χ2n) is 5.12. The highest BCUT2D eigenvalue weighted by Crippen LogP contribution is 2.30. The monoisotopic (exact) mass is 269 g/mol. The van der Waals surface area contributed by atoms with Crippen LogP contribution in [0.5, 0.6) is 0 Å². The van der Waals surface area contributed by atoms with Crippen molar-refractivity contribution in [3.8, 4) is 0 Å². The molecule has 3 rings (SSSR count). The first-order valence-corrected chi connectivity index (χ1v) is 6.91. The van der Waals surface area contributed by atoms with E-state index in [2.05, 4.69) is 16.1 Å². The largest absolute Gasteiger partial charge is 0.382 e. The Labute approximate surface area is 117 Å². The van der Waals surface area contributed by atoms with Crippen LogP contribution in [0.3, 0.4) is 0 Å². The van der Waals surface area contributed by atoms with Crippen molar-refractivity contribution < 1.29 is 0 Å². The molecule has 0 amide bonds. The van der Waals surface area contributed by atoms with Gasteiger partial charge < -0.3 is 11.5 Å². The molecule has 0 saturated carbocycles. The number of nitrogen functional groups attached to an aromatic ring is 1. The van der Waals surface area contributed by atoms with Gasteiger partial charge in [-0.2, -0.15) is 5.10 Å². The van der Waals surface area contributed by atoms with E-state index in [0.717, 1.165) is 42.2 Å². The number of aromatic nitrogens is 3. The van der Waals surface area contributed by atoms with Gasteiger partial charge in [-0.25, -0.2) is 4.98 Å². The summed E-state index contributed by atoms with van der Waals surface area (Å²) in [7, 11) is 1.91. The Balaban J connectivity index is 2.23. The Hall–Kier alpha value is -2.14. The predicted molar refractivity (Wildman–Crippen MR) is 82.4 cm³/mol. The molecule has 0 atom stereocenters. The minimum absolute atomic E-state index is 0.493. The van der Waals surface area contributed by atoms with Gasteiger partial charge in [0.05, 0.1) is 5.52 Å². The van der Waals surface area contributed by atoms with Gasteiger partial charge in [-0.15, -0.1) is 0 Å². The third kappa shape index (κ3) is 2.10. The molecule has 3 aromatic rings. The SMILES string of the molecule is Cn1cc2c(n1)c(N)nc1cccc(CCCCN)c12. The second-order valence-corrected chi connectivity index (χ2v) is 5.12. The number of unbranched alkanes of at least 4 members (excludes halogenated alkanes) is 1. The molecule has 0 aliphatic rings. The number of benzene rings is 1. The van der Waals surface area contributed by atoms with Crippen LogP contribution in [-0.4, -0.2) is 21.3 Å². The van der Waals surface area contributed by atoms with Crippen LogP contribution in [0, 0.1) is 0 Å². The molecule has 0 radical (unpaired) electrons. The standard InChI is InChI=1S/C15H19N5/c1-20-9-11-13-10(5-2-3-8-16)6-4-7-12(13)18-15(17)14(11)19-20/h4,6-7,9H,2-3,5,8,16H2,1H3,(H2,17,18). The fourth-order valence-corrected chi connectivity index (χ4v) is 2.70. The number of anilines is 1. The summed E-state index contributed by atoms with van der Waals surface area (Å²) in [4.78, 5) is 4.48. The number of hydrogen-bond acceptors (Lipinski definition) is 4. The number of hydrogen-bond donors (Lipinski definition) is 2. The van der Waals surface area contributed by atoms with E-state index in [-0.39, 0.29) is 0 Å². The van der Waals surface area contributed by atoms with E-state index in [9.17, 15) is 0 Å². The van der Waals surface area contributed by atoms with E-state index in [1.54, 1.807) is 4.68 Å². The molecular weight excluding hydrogens is 250 g/mol. The molecular formula is C15H19N5. The molecule has 0 bridgehead atoms. The molecule has 0 aliphatic carbocycles. The number of pyridine rings is 1. The van der Waals surface area contributed by atoms with Gasteiger partial charge in [0.1, 0.15) is 5.52 Å². The predicted octanol–water partition coefficient (Wildman–Crippen LogP) is 1.99. The molecule has 5 heteroatoms. The average Bonchev–Trinajstić information content (AvgIpc) is 2.81. The van der Waals surface area contributed by atoms with Crippen molar-refractivity contribution in [3.63, 3.8) is 0 Å². The molecule has 4 N–H and O–H groups in total. The van der Waals surface area contributed by atoms with Crippen LogP contribution < -0.4 is 11.5 Å². The molecule has 5 nitrogen and oxygen atoms in total. The highest BCUT2D eigenvalue weighted by Gasteiger charge is 2.12. The quantitative estimate of drug-likeness (QED) is 0.709. The normalized spacial score (nSPS) is 11.5. The van der Waals surface area contributed by atoms with Crippen molar-refractivity contribution in [2.75, 3.05) is 12.3 Å². The lowest BCUT2D eigenvalue weighted by molar-refractivity contribution is 0.747. The smallest absolute Gasteiger partial charge is 0.152 e. The Morgan fingerprint density at radius 1 is 1.25 bits per heavy atom. The zero-order valence-corrected chi connectivity index (χ0v) is 11.6. The van der Waals surface area contributed by atoms with Crippen molar-refractivity contribution in [1.82, 2.24) is 14.8 Å². The summed E-state index contributed by atoms with van der Waals surface area (Å²) in [5.74, 6) is 0.493. The lowest BCUT2D eigenvalue weighted by Crippen LogP contribution is -2.00. The maximum Gasteiger partial charge on any atom is 0.152 e. The zero-order chi connectivity index (χ0) is 14.1. The Morgan fingerprint density at radius 2 is 2.10 bits per heavy atom. The molecule has 0 aliphatic heterocycles. The maximum absolute atomic E-state index is 6.00. The van der Waals surface area contributed by atoms with E-state index in [1.165, 1.54) is 10.9 Å². The first-order valence-electron chi connectivity index (χ1n) is 6.91. The highest BCUT2D eigenvalue weighted by atomic mass is 15.3. The van der Waals surface area contributed by atoms with Crippen LogP contribution in [0.15, 0.2) is 24.4 Å². The minimum Gasteiger partial charge on any atom is -0.382 e. The molecule has 0 unspecified atom stereocenters. The van der Waals surface area contributed by atoms with E-state index in [0.29, 0.717) is 5.82 Å². The minimum atomic E-state index is 0.493. The number of rotatable bonds is 4. The van der Waals surface area contributed by atoms with Gasteiger partial charge in [-0.05, 0) is 37.4 Å². The van der Waals surface area contributed by atoms with Gasteiger partial charge in [0.15, 0.2) is 5.82 Å². The van der Waals surface area contributed by atoms with E-state index < -0.39 is 0 Å². The first kappa shape index (κ1) is 12.9. The molecule has 20 heavy (non-hydrogen) atoms. The van der Waals surface area contributed by atoms with Crippen LogP contribution in [0.1, 0.15) is 18.4 Å². The summed E-state index contributed by atoms with van der Waals surface area (Å²) < 4.78 is 1.79. The lowest BCUT2D eigenvalue weighted by Gasteiger charge is -2.08. The molecule has 2 heterocycles. The summed E-state index contributed by atoms with van der Waals surface area (Å²) >= 11 is 0. The number of nitrogens with zero attached hydrogens (tertiary/aromatic N) is 3. The number of aryl methyl sites for hydroxylation is 2. The van der Waals surface area contributed by atoms with Crippen LogP contribution >= 0.6 is 0 Å². The van der Waals surface area contributed by atoms with E-state index in [1.807, 2.05) is 25.4 Å². The maximum atomic E-state index is 6.00. The average molecular weight is 269 g/mol. The molecule has 104 valence electrons. The Bertz CT molecular complexity index is 760. The third-order valence-corrected chi connectivity index (χ3v) is 3.61. The fourth-order valence-electron chi connectivity index (χ4n) is 2.70. The molecule has 0 fully saturated rings. The van der Waals surface area contributed by atoms with Gasteiger partial charge in [-0.3, -0.25) is 4.68 Å². The van der Waals surface area contributed by atoms with Gasteiger partial charge in [0.25, 0.3) is 0 Å². The summed E-state index contributed by atoms with van der Waals surface area (Å²) in [6.45, 7) is 0.734. The van der Waals surface area contributed by atoms with E-state index >= 15 is 0 Å². The number of nitrogens with two attached hydrogens (primary N) is 2. The van der Waals surface area contributed by atoms with Gasteiger partial charge in [-0.1, -0.05) is 12.1 Å². The Morgan fingerprint density at radius 3 is 2.90 bits per heavy atom. The van der Waals surface area contributed by atoms with Crippen LogP contribution in [0.4, 0.5) is 5.82 Å². The highest BCUT2D eigenvalue weighted by molar-refractivity contribution is 6.09. The zero-order valence-electron chi connectivity index (χ0n) is 11.6. The third-order valence-electron chi connectivity index (χ3n) is 3.61. The fraction of sp³-hybridized carbons (Fsp3) is 0.333. The van der Waals surface area contributed by atoms with Crippen LogP contribution in [0.2, 0.25) is 0 Å². The number of fused-ring (bicyclic) bond motifs is 3. The van der Waals surface area contributed by atoms with Gasteiger partial charge >= 0.3 is 0 Å². The van der Waals surface area contributed by atoms with E-state index in [4.69, 9.17) is 11.5 Å². The van der Waals surface area contributed by atoms with Crippen molar-refractivity contribution in [2.45, 2.75) is 19.3 Å². The van der Waals surface area contributed by atoms with Crippen molar-refractivity contribution in [1.29, 1.82) is 0 Å². The summed E-state index contributed by atoms with van der Waals surface area (Å²) in [6.07, 6.45) is 5.14. The summed E-state index contributed by atoms with van der Waals surface area (Å²) in [6, 6.07) is 6.20. The molecule has 0 spiro atoms. The van der Waals surface area contributed by atoms with Crippen molar-refractivity contribution in [2.24, 2.45) is 12.8 Å². The lowest BCUT2D eigenvalue weighted by atomic mass is 10.0. The van der Waals surface area contributed by atoms with Crippen LogP contribution in [0.25, 0.3) is 21.8 Å². The van der Waals surface area contributed by atoms with Crippen molar-refractivity contribution >= 4 is 27.6 Å². The van der Waals surface area contributed by atoms with Crippen molar-refractivity contribution in [3.05, 3.63) is 30.0 Å². The topological polar surface area (TPSA) is 82.8 Å². The van der Waals surface area contributed by atoms with Gasteiger partial charge in [0.2, 0.25) is 0 Å². The molecule has 2 aromatic heterocycles. The second kappa shape index (κ2) is 5.09. The molecule has 0 saturated heterocycles. The Kier molecular flexibility index (Phi) is 3.28.